The molecule has 5 nitrogen and oxygen atoms in total. The summed E-state index contributed by atoms with van der Waals surface area (Å²) in [7, 11) is 0. The lowest BCUT2D eigenvalue weighted by Gasteiger charge is -2.31. The number of rotatable bonds is 7. The summed E-state index contributed by atoms with van der Waals surface area (Å²) in [5.74, 6) is 0.482. The average Bonchev–Trinajstić information content (AvgIpc) is 2.54. The molecule has 1 heterocycles. The van der Waals surface area contributed by atoms with Crippen molar-refractivity contribution >= 4 is 36.4 Å². The number of hydrogen-bond donors (Lipinski definition) is 3. The number of amides is 1. The van der Waals surface area contributed by atoms with Crippen LogP contribution >= 0.6 is 24.8 Å². The molecule has 0 saturated carbocycles. The number of aliphatic hydroxyl groups is 1. The van der Waals surface area contributed by atoms with Gasteiger partial charge in [0.25, 0.3) is 0 Å². The van der Waals surface area contributed by atoms with Crippen LogP contribution in [-0.4, -0.2) is 42.2 Å². The molecule has 0 aliphatic carbocycles. The van der Waals surface area contributed by atoms with Crippen molar-refractivity contribution in [2.75, 3.05) is 31.6 Å². The van der Waals surface area contributed by atoms with E-state index in [4.69, 9.17) is 5.73 Å². The van der Waals surface area contributed by atoms with Crippen molar-refractivity contribution in [3.05, 3.63) is 29.8 Å². The van der Waals surface area contributed by atoms with Gasteiger partial charge in [-0.3, -0.25) is 9.69 Å². The van der Waals surface area contributed by atoms with Crippen LogP contribution in [0.4, 0.5) is 5.69 Å². The third-order valence-electron chi connectivity index (χ3n) is 4.19. The Balaban J connectivity index is 0.00000264. The number of anilines is 1. The average molecular weight is 378 g/mol. The molecule has 0 unspecified atom stereocenters. The Hall–Kier alpha value is -0.850. The molecule has 1 amide bonds. The summed E-state index contributed by atoms with van der Waals surface area (Å²) in [5.41, 5.74) is 7.48. The molecule has 4 N–H and O–H groups in total. The quantitative estimate of drug-likeness (QED) is 0.681. The van der Waals surface area contributed by atoms with Crippen LogP contribution in [0.5, 0.6) is 0 Å². The predicted molar refractivity (Wildman–Crippen MR) is 103 cm³/mol. The van der Waals surface area contributed by atoms with Gasteiger partial charge >= 0.3 is 0 Å². The van der Waals surface area contributed by atoms with Crippen LogP contribution in [0.15, 0.2) is 24.3 Å². The van der Waals surface area contributed by atoms with E-state index in [1.165, 1.54) is 5.56 Å². The molecule has 1 aromatic rings. The second-order valence-electron chi connectivity index (χ2n) is 6.04. The van der Waals surface area contributed by atoms with Crippen molar-refractivity contribution in [1.82, 2.24) is 4.90 Å². The van der Waals surface area contributed by atoms with Gasteiger partial charge in [-0.05, 0) is 62.5 Å². The summed E-state index contributed by atoms with van der Waals surface area (Å²) in [6.45, 7) is 3.79. The van der Waals surface area contributed by atoms with Gasteiger partial charge in [-0.15, -0.1) is 24.8 Å². The van der Waals surface area contributed by atoms with Gasteiger partial charge in [0.15, 0.2) is 0 Å². The monoisotopic (exact) mass is 377 g/mol. The molecular formula is C17H29Cl2N3O2. The summed E-state index contributed by atoms with van der Waals surface area (Å²) in [6.07, 6.45) is 3.30. The number of halogens is 2. The number of carbonyl (C=O) groups is 1. The van der Waals surface area contributed by atoms with E-state index in [1.54, 1.807) is 0 Å². The standard InChI is InChI=1S/C17H27N3O2.2ClH/c18-8-2-5-17(22)19-16-4-1-3-15(11-16)12-20-9-6-14(13-21)7-10-20;;/h1,3-4,11,14,21H,2,5-10,12-13,18H2,(H,19,22);2*1H. The zero-order valence-corrected chi connectivity index (χ0v) is 15.6. The number of nitrogens with one attached hydrogen (secondary N) is 1. The van der Waals surface area contributed by atoms with Gasteiger partial charge in [0.1, 0.15) is 0 Å². The van der Waals surface area contributed by atoms with E-state index < -0.39 is 0 Å². The molecule has 1 aliphatic heterocycles. The minimum Gasteiger partial charge on any atom is -0.396 e. The Bertz CT molecular complexity index is 481. The maximum atomic E-state index is 11.7. The van der Waals surface area contributed by atoms with Crippen LogP contribution in [0.3, 0.4) is 0 Å². The van der Waals surface area contributed by atoms with Gasteiger partial charge in [0.2, 0.25) is 5.91 Å². The first-order valence-corrected chi connectivity index (χ1v) is 8.13. The van der Waals surface area contributed by atoms with Crippen molar-refractivity contribution < 1.29 is 9.90 Å². The molecule has 1 saturated heterocycles. The third-order valence-corrected chi connectivity index (χ3v) is 4.19. The van der Waals surface area contributed by atoms with E-state index in [2.05, 4.69) is 16.3 Å². The van der Waals surface area contributed by atoms with Gasteiger partial charge in [0, 0.05) is 25.3 Å². The van der Waals surface area contributed by atoms with Crippen LogP contribution in [-0.2, 0) is 11.3 Å². The molecule has 1 aromatic carbocycles. The van der Waals surface area contributed by atoms with E-state index in [9.17, 15) is 9.90 Å². The molecule has 24 heavy (non-hydrogen) atoms. The number of carbonyl (C=O) groups excluding carboxylic acids is 1. The topological polar surface area (TPSA) is 78.6 Å². The largest absolute Gasteiger partial charge is 0.396 e. The fourth-order valence-corrected chi connectivity index (χ4v) is 2.82. The summed E-state index contributed by atoms with van der Waals surface area (Å²) >= 11 is 0. The lowest BCUT2D eigenvalue weighted by Crippen LogP contribution is -2.34. The van der Waals surface area contributed by atoms with E-state index in [1.807, 2.05) is 18.2 Å². The van der Waals surface area contributed by atoms with E-state index in [0.717, 1.165) is 38.2 Å². The van der Waals surface area contributed by atoms with Gasteiger partial charge in [-0.2, -0.15) is 0 Å². The molecule has 0 atom stereocenters. The molecule has 1 aliphatic rings. The van der Waals surface area contributed by atoms with E-state index in [0.29, 0.717) is 31.9 Å². The van der Waals surface area contributed by atoms with Gasteiger partial charge in [-0.1, -0.05) is 12.1 Å². The molecule has 138 valence electrons. The Morgan fingerprint density at radius 3 is 2.62 bits per heavy atom. The SMILES string of the molecule is Cl.Cl.NCCCC(=O)Nc1cccc(CN2CCC(CO)CC2)c1. The first kappa shape index (κ1) is 23.1. The normalized spacial score (nSPS) is 15.2. The lowest BCUT2D eigenvalue weighted by atomic mass is 9.97. The number of piperidine rings is 1. The van der Waals surface area contributed by atoms with Crippen LogP contribution in [0.1, 0.15) is 31.2 Å². The van der Waals surface area contributed by atoms with Crippen LogP contribution in [0.25, 0.3) is 0 Å². The fraction of sp³-hybridized carbons (Fsp3) is 0.588. The van der Waals surface area contributed by atoms with Gasteiger partial charge < -0.3 is 16.2 Å². The number of hydrogen-bond acceptors (Lipinski definition) is 4. The van der Waals surface area contributed by atoms with Crippen molar-refractivity contribution in [3.8, 4) is 0 Å². The van der Waals surface area contributed by atoms with Gasteiger partial charge in [0.05, 0.1) is 0 Å². The Morgan fingerprint density at radius 1 is 1.29 bits per heavy atom. The maximum absolute atomic E-state index is 11.7. The molecule has 2 rings (SSSR count). The van der Waals surface area contributed by atoms with Crippen molar-refractivity contribution in [2.45, 2.75) is 32.2 Å². The van der Waals surface area contributed by atoms with E-state index in [-0.39, 0.29) is 30.7 Å². The Kier molecular flexibility index (Phi) is 12.1. The summed E-state index contributed by atoms with van der Waals surface area (Å²) in [5, 5.41) is 12.1. The first-order chi connectivity index (χ1) is 10.7. The zero-order chi connectivity index (χ0) is 15.8. The molecule has 0 spiro atoms. The lowest BCUT2D eigenvalue weighted by molar-refractivity contribution is -0.116. The second kappa shape index (κ2) is 12.5. The molecule has 7 heteroatoms. The maximum Gasteiger partial charge on any atom is 0.224 e. The molecule has 0 aromatic heterocycles. The van der Waals surface area contributed by atoms with Crippen molar-refractivity contribution in [3.63, 3.8) is 0 Å². The highest BCUT2D eigenvalue weighted by molar-refractivity contribution is 5.90. The van der Waals surface area contributed by atoms with Crippen molar-refractivity contribution in [1.29, 1.82) is 0 Å². The van der Waals surface area contributed by atoms with Crippen molar-refractivity contribution in [2.24, 2.45) is 11.7 Å². The molecular weight excluding hydrogens is 349 g/mol. The molecule has 0 bridgehead atoms. The number of nitrogens with two attached hydrogens (primary N) is 1. The smallest absolute Gasteiger partial charge is 0.224 e. The zero-order valence-electron chi connectivity index (χ0n) is 13.9. The fourth-order valence-electron chi connectivity index (χ4n) is 2.82. The minimum absolute atomic E-state index is 0. The number of likely N-dealkylation sites (tertiary alicyclic amines) is 1. The van der Waals surface area contributed by atoms with Crippen LogP contribution < -0.4 is 11.1 Å². The first-order valence-electron chi connectivity index (χ1n) is 8.13. The summed E-state index contributed by atoms with van der Waals surface area (Å²) < 4.78 is 0. The number of benzene rings is 1. The third kappa shape index (κ3) is 7.81. The second-order valence-corrected chi connectivity index (χ2v) is 6.04. The summed E-state index contributed by atoms with van der Waals surface area (Å²) in [4.78, 5) is 14.1. The molecule has 1 fully saturated rings. The van der Waals surface area contributed by atoms with Crippen LogP contribution in [0, 0.1) is 5.92 Å². The summed E-state index contributed by atoms with van der Waals surface area (Å²) in [6, 6.07) is 8.03. The Morgan fingerprint density at radius 2 is 2.00 bits per heavy atom. The predicted octanol–water partition coefficient (Wildman–Crippen LogP) is 2.41. The van der Waals surface area contributed by atoms with Gasteiger partial charge in [-0.25, -0.2) is 0 Å². The van der Waals surface area contributed by atoms with Crippen LogP contribution in [0.2, 0.25) is 0 Å². The highest BCUT2D eigenvalue weighted by Gasteiger charge is 2.18. The number of nitrogens with zero attached hydrogens (tertiary/aromatic N) is 1. The Labute approximate surface area is 156 Å². The molecule has 0 radical (unpaired) electrons. The highest BCUT2D eigenvalue weighted by Crippen LogP contribution is 2.19. The number of aliphatic hydroxyl groups excluding tert-OH is 1. The van der Waals surface area contributed by atoms with E-state index >= 15 is 0 Å². The minimum atomic E-state index is 0. The highest BCUT2D eigenvalue weighted by atomic mass is 35.5.